The molecule has 0 radical (unpaired) electrons. The predicted octanol–water partition coefficient (Wildman–Crippen LogP) is 1.09. The van der Waals surface area contributed by atoms with E-state index in [1.54, 1.807) is 4.90 Å². The Morgan fingerprint density at radius 2 is 1.89 bits per heavy atom. The van der Waals surface area contributed by atoms with Gasteiger partial charge < -0.3 is 4.90 Å². The van der Waals surface area contributed by atoms with E-state index in [4.69, 9.17) is 5.14 Å². The molecule has 0 aromatic heterocycles. The van der Waals surface area contributed by atoms with E-state index < -0.39 is 14.9 Å². The Hall–Kier alpha value is -1.67. The monoisotopic (exact) mass is 273 g/mol. The number of rotatable bonds is 5. The second kappa shape index (κ2) is 5.32. The van der Waals surface area contributed by atoms with E-state index in [1.807, 2.05) is 13.8 Å². The maximum Gasteiger partial charge on any atom is 0.270 e. The number of primary sulfonamides is 1. The normalized spacial score (nSPS) is 11.3. The molecule has 1 aromatic rings. The number of hydrogen-bond donors (Lipinski definition) is 1. The summed E-state index contributed by atoms with van der Waals surface area (Å²) in [6, 6.07) is 3.66. The Morgan fingerprint density at radius 3 is 2.28 bits per heavy atom. The minimum Gasteiger partial charge on any atom is -0.371 e. The Kier molecular flexibility index (Phi) is 4.25. The van der Waals surface area contributed by atoms with Crippen molar-refractivity contribution >= 4 is 21.4 Å². The van der Waals surface area contributed by atoms with E-state index >= 15 is 0 Å². The molecule has 0 atom stereocenters. The van der Waals surface area contributed by atoms with E-state index in [9.17, 15) is 18.5 Å². The van der Waals surface area contributed by atoms with Crippen molar-refractivity contribution in [2.75, 3.05) is 18.0 Å². The smallest absolute Gasteiger partial charge is 0.270 e. The summed E-state index contributed by atoms with van der Waals surface area (Å²) in [7, 11) is -4.00. The fraction of sp³-hybridized carbons (Fsp3) is 0.400. The van der Waals surface area contributed by atoms with Gasteiger partial charge in [-0.1, -0.05) is 0 Å². The zero-order chi connectivity index (χ0) is 13.9. The van der Waals surface area contributed by atoms with Crippen LogP contribution >= 0.6 is 0 Å². The van der Waals surface area contributed by atoms with Gasteiger partial charge in [-0.05, 0) is 19.9 Å². The molecular formula is C10H15N3O4S. The molecule has 0 aliphatic heterocycles. The molecule has 0 aliphatic rings. The van der Waals surface area contributed by atoms with E-state index in [2.05, 4.69) is 0 Å². The Bertz CT molecular complexity index is 552. The quantitative estimate of drug-likeness (QED) is 0.638. The van der Waals surface area contributed by atoms with Gasteiger partial charge in [-0.3, -0.25) is 10.1 Å². The summed E-state index contributed by atoms with van der Waals surface area (Å²) in [5.41, 5.74) is 0.0861. The highest BCUT2D eigenvalue weighted by Gasteiger charge is 2.21. The Balaban J connectivity index is 3.48. The highest BCUT2D eigenvalue weighted by Crippen LogP contribution is 2.28. The van der Waals surface area contributed by atoms with E-state index in [1.165, 1.54) is 12.1 Å². The van der Waals surface area contributed by atoms with Gasteiger partial charge in [-0.25, -0.2) is 13.6 Å². The molecule has 18 heavy (non-hydrogen) atoms. The molecule has 1 aromatic carbocycles. The molecule has 0 spiro atoms. The molecule has 0 bridgehead atoms. The first-order valence-electron chi connectivity index (χ1n) is 5.37. The van der Waals surface area contributed by atoms with Crippen LogP contribution < -0.4 is 10.0 Å². The fourth-order valence-electron chi connectivity index (χ4n) is 1.67. The molecule has 2 N–H and O–H groups in total. The number of nitro benzene ring substituents is 1. The van der Waals surface area contributed by atoms with Crippen LogP contribution in [-0.4, -0.2) is 26.4 Å². The van der Waals surface area contributed by atoms with Gasteiger partial charge in [0.05, 0.1) is 10.6 Å². The number of non-ortho nitro benzene ring substituents is 1. The standard InChI is InChI=1S/C10H15N3O4S/c1-3-12(4-2)9-6-5-8(13(14)15)7-10(9)18(11,16)17/h5-7H,3-4H2,1-2H3,(H2,11,16,17). The van der Waals surface area contributed by atoms with Crippen LogP contribution in [0.2, 0.25) is 0 Å². The summed E-state index contributed by atoms with van der Waals surface area (Å²) in [6.45, 7) is 4.88. The highest BCUT2D eigenvalue weighted by molar-refractivity contribution is 7.89. The van der Waals surface area contributed by atoms with Gasteiger partial charge in [0, 0.05) is 25.2 Å². The topological polar surface area (TPSA) is 107 Å². The van der Waals surface area contributed by atoms with Gasteiger partial charge in [0.1, 0.15) is 4.90 Å². The van der Waals surface area contributed by atoms with Crippen LogP contribution in [0.5, 0.6) is 0 Å². The molecule has 0 fully saturated rings. The number of anilines is 1. The molecule has 0 saturated heterocycles. The number of nitrogens with zero attached hydrogens (tertiary/aromatic N) is 2. The van der Waals surface area contributed by atoms with Crippen molar-refractivity contribution < 1.29 is 13.3 Å². The SMILES string of the molecule is CCN(CC)c1ccc([N+](=O)[O-])cc1S(N)(=O)=O. The molecule has 0 unspecified atom stereocenters. The molecule has 0 saturated carbocycles. The fourth-order valence-corrected chi connectivity index (χ4v) is 2.44. The van der Waals surface area contributed by atoms with Crippen LogP contribution in [0.4, 0.5) is 11.4 Å². The molecule has 8 heteroatoms. The molecule has 1 rings (SSSR count). The maximum atomic E-state index is 11.5. The van der Waals surface area contributed by atoms with Crippen molar-refractivity contribution in [3.63, 3.8) is 0 Å². The minimum absolute atomic E-state index is 0.222. The van der Waals surface area contributed by atoms with Crippen molar-refractivity contribution in [3.05, 3.63) is 28.3 Å². The molecule has 0 amide bonds. The first kappa shape index (κ1) is 14.4. The lowest BCUT2D eigenvalue weighted by atomic mass is 10.2. The largest absolute Gasteiger partial charge is 0.371 e. The predicted molar refractivity (Wildman–Crippen MR) is 68.0 cm³/mol. The van der Waals surface area contributed by atoms with Gasteiger partial charge in [-0.15, -0.1) is 0 Å². The van der Waals surface area contributed by atoms with Crippen LogP contribution in [0.15, 0.2) is 23.1 Å². The number of nitrogens with two attached hydrogens (primary N) is 1. The number of nitro groups is 1. The van der Waals surface area contributed by atoms with E-state index in [-0.39, 0.29) is 10.6 Å². The first-order chi connectivity index (χ1) is 8.31. The van der Waals surface area contributed by atoms with Crippen molar-refractivity contribution in [1.29, 1.82) is 0 Å². The maximum absolute atomic E-state index is 11.5. The Morgan fingerprint density at radius 1 is 1.33 bits per heavy atom. The summed E-state index contributed by atoms with van der Waals surface area (Å²) in [6.07, 6.45) is 0. The van der Waals surface area contributed by atoms with E-state index in [0.717, 1.165) is 6.07 Å². The van der Waals surface area contributed by atoms with Gasteiger partial charge >= 0.3 is 0 Å². The zero-order valence-electron chi connectivity index (χ0n) is 10.2. The third-order valence-electron chi connectivity index (χ3n) is 2.56. The van der Waals surface area contributed by atoms with Crippen molar-refractivity contribution in [1.82, 2.24) is 0 Å². The second-order valence-corrected chi connectivity index (χ2v) is 5.16. The summed E-state index contributed by atoms with van der Waals surface area (Å²) >= 11 is 0. The molecule has 0 aliphatic carbocycles. The first-order valence-corrected chi connectivity index (χ1v) is 6.92. The zero-order valence-corrected chi connectivity index (χ0v) is 11.0. The average Bonchev–Trinajstić information content (AvgIpc) is 2.29. The van der Waals surface area contributed by atoms with Crippen LogP contribution in [-0.2, 0) is 10.0 Å². The molecule has 0 heterocycles. The average molecular weight is 273 g/mol. The van der Waals surface area contributed by atoms with Crippen LogP contribution in [0.25, 0.3) is 0 Å². The van der Waals surface area contributed by atoms with Gasteiger partial charge in [0.25, 0.3) is 5.69 Å². The van der Waals surface area contributed by atoms with Crippen LogP contribution in [0.3, 0.4) is 0 Å². The molecule has 100 valence electrons. The summed E-state index contributed by atoms with van der Waals surface area (Å²) in [5, 5.41) is 15.8. The van der Waals surface area contributed by atoms with Crippen molar-refractivity contribution in [2.24, 2.45) is 5.14 Å². The third kappa shape index (κ3) is 2.96. The highest BCUT2D eigenvalue weighted by atomic mass is 32.2. The Labute approximate surface area is 105 Å². The van der Waals surface area contributed by atoms with Crippen LogP contribution in [0, 0.1) is 10.1 Å². The lowest BCUT2D eigenvalue weighted by Crippen LogP contribution is -2.25. The number of sulfonamides is 1. The van der Waals surface area contributed by atoms with Crippen molar-refractivity contribution in [3.8, 4) is 0 Å². The molecular weight excluding hydrogens is 258 g/mol. The molecule has 7 nitrogen and oxygen atoms in total. The van der Waals surface area contributed by atoms with Gasteiger partial charge in [-0.2, -0.15) is 0 Å². The summed E-state index contributed by atoms with van der Waals surface area (Å²) < 4.78 is 23.0. The number of hydrogen-bond acceptors (Lipinski definition) is 5. The van der Waals surface area contributed by atoms with Gasteiger partial charge in [0.2, 0.25) is 10.0 Å². The summed E-state index contributed by atoms with van der Waals surface area (Å²) in [5.74, 6) is 0. The summed E-state index contributed by atoms with van der Waals surface area (Å²) in [4.78, 5) is 11.6. The minimum atomic E-state index is -4.00. The van der Waals surface area contributed by atoms with Crippen molar-refractivity contribution in [2.45, 2.75) is 18.7 Å². The van der Waals surface area contributed by atoms with E-state index in [0.29, 0.717) is 18.8 Å². The van der Waals surface area contributed by atoms with Crippen LogP contribution in [0.1, 0.15) is 13.8 Å². The lowest BCUT2D eigenvalue weighted by molar-refractivity contribution is -0.385. The lowest BCUT2D eigenvalue weighted by Gasteiger charge is -2.23. The third-order valence-corrected chi connectivity index (χ3v) is 3.50. The number of benzene rings is 1. The second-order valence-electron chi connectivity index (χ2n) is 3.63. The van der Waals surface area contributed by atoms with Gasteiger partial charge in [0.15, 0.2) is 0 Å².